The maximum Gasteiger partial charge on any atom is 0.162 e. The normalized spacial score (nSPS) is 13.8. The number of aromatic hydroxyl groups is 2. The number of hydrogen-bond acceptors (Lipinski definition) is 6. The SMILES string of the molecule is CC(C)(C)C(=O)C(NCC(O)c1ccc(O)c(O)c1)C(=O)C(C)(C)C. The van der Waals surface area contributed by atoms with E-state index in [1.165, 1.54) is 18.2 Å². The third kappa shape index (κ3) is 5.54. The van der Waals surface area contributed by atoms with Gasteiger partial charge in [0.15, 0.2) is 23.1 Å². The quantitative estimate of drug-likeness (QED) is 0.463. The van der Waals surface area contributed by atoms with E-state index in [2.05, 4.69) is 5.32 Å². The number of phenols is 2. The highest BCUT2D eigenvalue weighted by Crippen LogP contribution is 2.28. The van der Waals surface area contributed by atoms with E-state index in [9.17, 15) is 24.9 Å². The van der Waals surface area contributed by atoms with Crippen LogP contribution in [-0.2, 0) is 9.59 Å². The smallest absolute Gasteiger partial charge is 0.162 e. The summed E-state index contributed by atoms with van der Waals surface area (Å²) in [5.41, 5.74) is -1.05. The molecule has 0 heterocycles. The molecule has 0 spiro atoms. The first-order valence-corrected chi connectivity index (χ1v) is 8.27. The highest BCUT2D eigenvalue weighted by molar-refractivity contribution is 6.10. The summed E-state index contributed by atoms with van der Waals surface area (Å²) in [6.07, 6.45) is -1.05. The second-order valence-electron chi connectivity index (χ2n) is 8.33. The van der Waals surface area contributed by atoms with Crippen LogP contribution in [0.2, 0.25) is 0 Å². The van der Waals surface area contributed by atoms with Gasteiger partial charge in [-0.25, -0.2) is 0 Å². The van der Waals surface area contributed by atoms with E-state index in [0.717, 1.165) is 0 Å². The Hall–Kier alpha value is -1.92. The first kappa shape index (κ1) is 21.1. The van der Waals surface area contributed by atoms with E-state index in [4.69, 9.17) is 0 Å². The Morgan fingerprint density at radius 2 is 1.44 bits per heavy atom. The molecule has 4 N–H and O–H groups in total. The molecule has 140 valence electrons. The number of aliphatic hydroxyl groups excluding tert-OH is 1. The largest absolute Gasteiger partial charge is 0.504 e. The molecule has 0 bridgehead atoms. The molecule has 1 aromatic carbocycles. The number of benzene rings is 1. The first-order chi connectivity index (χ1) is 11.2. The van der Waals surface area contributed by atoms with E-state index in [1.54, 1.807) is 41.5 Å². The highest BCUT2D eigenvalue weighted by atomic mass is 16.3. The monoisotopic (exact) mass is 351 g/mol. The van der Waals surface area contributed by atoms with Crippen LogP contribution in [0, 0.1) is 10.8 Å². The van der Waals surface area contributed by atoms with Gasteiger partial charge < -0.3 is 15.3 Å². The summed E-state index contributed by atoms with van der Waals surface area (Å²) in [6.45, 7) is 10.4. The fourth-order valence-corrected chi connectivity index (χ4v) is 2.27. The number of Topliss-reactive ketones (excluding diaryl/α,β-unsaturated/α-hetero) is 2. The molecule has 0 aliphatic heterocycles. The van der Waals surface area contributed by atoms with Crippen LogP contribution in [0.1, 0.15) is 53.2 Å². The van der Waals surface area contributed by atoms with Crippen LogP contribution in [0.5, 0.6) is 11.5 Å². The predicted molar refractivity (Wildman–Crippen MR) is 95.4 cm³/mol. The van der Waals surface area contributed by atoms with Gasteiger partial charge in [0, 0.05) is 17.4 Å². The molecule has 0 saturated carbocycles. The Bertz CT molecular complexity index is 614. The highest BCUT2D eigenvalue weighted by Gasteiger charge is 2.39. The predicted octanol–water partition coefficient (Wildman–Crippen LogP) is 2.32. The van der Waals surface area contributed by atoms with Crippen molar-refractivity contribution in [2.24, 2.45) is 10.8 Å². The fraction of sp³-hybridized carbons (Fsp3) is 0.579. The minimum atomic E-state index is -1.05. The topological polar surface area (TPSA) is 107 Å². The van der Waals surface area contributed by atoms with Gasteiger partial charge in [0.25, 0.3) is 0 Å². The molecule has 1 unspecified atom stereocenters. The number of rotatable bonds is 6. The second kappa shape index (κ2) is 7.54. The summed E-state index contributed by atoms with van der Waals surface area (Å²) >= 11 is 0. The lowest BCUT2D eigenvalue weighted by Gasteiger charge is -2.30. The molecule has 6 heteroatoms. The Morgan fingerprint density at radius 3 is 1.84 bits per heavy atom. The Balaban J connectivity index is 2.96. The number of ketones is 2. The number of nitrogens with one attached hydrogen (secondary N) is 1. The molecule has 0 saturated heterocycles. The minimum absolute atomic E-state index is 0.0431. The number of phenolic OH excluding ortho intramolecular Hbond substituents is 2. The van der Waals surface area contributed by atoms with Crippen molar-refractivity contribution >= 4 is 11.6 Å². The Morgan fingerprint density at radius 1 is 0.960 bits per heavy atom. The summed E-state index contributed by atoms with van der Waals surface area (Å²) in [5, 5.41) is 32.0. The fourth-order valence-electron chi connectivity index (χ4n) is 2.27. The van der Waals surface area contributed by atoms with Gasteiger partial charge in [0.1, 0.15) is 6.04 Å². The third-order valence-electron chi connectivity index (χ3n) is 3.90. The summed E-state index contributed by atoms with van der Waals surface area (Å²) in [7, 11) is 0. The van der Waals surface area contributed by atoms with Crippen molar-refractivity contribution in [3.05, 3.63) is 23.8 Å². The van der Waals surface area contributed by atoms with Crippen LogP contribution in [-0.4, -0.2) is 39.5 Å². The molecule has 0 fully saturated rings. The maximum absolute atomic E-state index is 12.7. The molecule has 0 aliphatic carbocycles. The van der Waals surface area contributed by atoms with Crippen LogP contribution < -0.4 is 5.32 Å². The molecule has 1 atom stereocenters. The van der Waals surface area contributed by atoms with Gasteiger partial charge in [0.2, 0.25) is 0 Å². The van der Waals surface area contributed by atoms with Crippen LogP contribution in [0.15, 0.2) is 18.2 Å². The second-order valence-corrected chi connectivity index (χ2v) is 8.33. The summed E-state index contributed by atoms with van der Waals surface area (Å²) in [4.78, 5) is 25.3. The molecule has 0 radical (unpaired) electrons. The Kier molecular flexibility index (Phi) is 6.37. The minimum Gasteiger partial charge on any atom is -0.504 e. The van der Waals surface area contributed by atoms with E-state index >= 15 is 0 Å². The molecule has 1 rings (SSSR count). The van der Waals surface area contributed by atoms with Gasteiger partial charge in [-0.15, -0.1) is 0 Å². The van der Waals surface area contributed by atoms with Gasteiger partial charge in [-0.1, -0.05) is 47.6 Å². The van der Waals surface area contributed by atoms with Gasteiger partial charge in [-0.05, 0) is 17.7 Å². The molecule has 0 aliphatic rings. The van der Waals surface area contributed by atoms with Gasteiger partial charge in [-0.2, -0.15) is 0 Å². The summed E-state index contributed by atoms with van der Waals surface area (Å²) in [6, 6.07) is 2.95. The molecule has 0 aromatic heterocycles. The maximum atomic E-state index is 12.7. The average molecular weight is 351 g/mol. The lowest BCUT2D eigenvalue weighted by molar-refractivity contribution is -0.138. The standard InChI is InChI=1S/C19H29NO5/c1-18(2,3)16(24)15(17(25)19(4,5)6)20-10-14(23)11-7-8-12(21)13(22)9-11/h7-9,14-15,20-23H,10H2,1-6H3. The zero-order valence-electron chi connectivity index (χ0n) is 15.8. The van der Waals surface area contributed by atoms with Crippen molar-refractivity contribution in [3.8, 4) is 11.5 Å². The van der Waals surface area contributed by atoms with E-state index in [-0.39, 0.29) is 29.6 Å². The summed E-state index contributed by atoms with van der Waals surface area (Å²) in [5.74, 6) is -1.11. The Labute approximate surface area is 148 Å². The third-order valence-corrected chi connectivity index (χ3v) is 3.90. The van der Waals surface area contributed by atoms with Crippen LogP contribution >= 0.6 is 0 Å². The van der Waals surface area contributed by atoms with E-state index < -0.39 is 23.0 Å². The zero-order chi connectivity index (χ0) is 19.6. The van der Waals surface area contributed by atoms with Gasteiger partial charge in [0.05, 0.1) is 6.10 Å². The lowest BCUT2D eigenvalue weighted by Crippen LogP contribution is -2.52. The van der Waals surface area contributed by atoms with Crippen LogP contribution in [0.4, 0.5) is 0 Å². The van der Waals surface area contributed by atoms with Crippen molar-refractivity contribution in [2.75, 3.05) is 6.54 Å². The molecule has 0 amide bonds. The molecular weight excluding hydrogens is 322 g/mol. The average Bonchev–Trinajstić information content (AvgIpc) is 2.47. The van der Waals surface area contributed by atoms with Crippen molar-refractivity contribution in [2.45, 2.75) is 53.7 Å². The number of carbonyl (C=O) groups excluding carboxylic acids is 2. The summed E-state index contributed by atoms with van der Waals surface area (Å²) < 4.78 is 0. The van der Waals surface area contributed by atoms with Gasteiger partial charge in [-0.3, -0.25) is 14.9 Å². The van der Waals surface area contributed by atoms with Crippen molar-refractivity contribution in [1.82, 2.24) is 5.32 Å². The van der Waals surface area contributed by atoms with Gasteiger partial charge >= 0.3 is 0 Å². The van der Waals surface area contributed by atoms with Crippen LogP contribution in [0.3, 0.4) is 0 Å². The number of aliphatic hydroxyl groups is 1. The van der Waals surface area contributed by atoms with E-state index in [0.29, 0.717) is 5.56 Å². The van der Waals surface area contributed by atoms with E-state index in [1.807, 2.05) is 0 Å². The van der Waals surface area contributed by atoms with Crippen LogP contribution in [0.25, 0.3) is 0 Å². The molecule has 6 nitrogen and oxygen atoms in total. The lowest BCUT2D eigenvalue weighted by atomic mass is 9.78. The van der Waals surface area contributed by atoms with Crippen molar-refractivity contribution in [3.63, 3.8) is 0 Å². The number of carbonyl (C=O) groups is 2. The molecular formula is C19H29NO5. The number of hydrogen-bond donors (Lipinski definition) is 4. The molecule has 1 aromatic rings. The molecule has 25 heavy (non-hydrogen) atoms. The first-order valence-electron chi connectivity index (χ1n) is 8.27. The van der Waals surface area contributed by atoms with Crippen molar-refractivity contribution < 1.29 is 24.9 Å². The zero-order valence-corrected chi connectivity index (χ0v) is 15.8. The van der Waals surface area contributed by atoms with Crippen molar-refractivity contribution in [1.29, 1.82) is 0 Å².